The zero-order chi connectivity index (χ0) is 14.6. The molecule has 20 heavy (non-hydrogen) atoms. The number of alkyl halides is 3. The fraction of sp³-hybridized carbons (Fsp3) is 0.462. The fourth-order valence-electron chi connectivity index (χ4n) is 1.89. The molecule has 0 amide bonds. The number of rotatable bonds is 2. The highest BCUT2D eigenvalue weighted by Crippen LogP contribution is 2.31. The summed E-state index contributed by atoms with van der Waals surface area (Å²) in [5.74, 6) is 0.604. The van der Waals surface area contributed by atoms with Gasteiger partial charge in [-0.05, 0) is 0 Å². The first-order chi connectivity index (χ1) is 9.48. The quantitative estimate of drug-likeness (QED) is 0.512. The molecular formula is C13H15Cl3N2O2. The molecule has 0 aliphatic carbocycles. The molecule has 4 nitrogen and oxygen atoms in total. The number of aliphatic imine (C=N–C) groups is 1. The van der Waals surface area contributed by atoms with Crippen LogP contribution in [0, 0.1) is 0 Å². The van der Waals surface area contributed by atoms with Gasteiger partial charge in [0.05, 0.1) is 13.2 Å². The first-order valence-corrected chi connectivity index (χ1v) is 7.32. The van der Waals surface area contributed by atoms with Crippen molar-refractivity contribution >= 4 is 40.6 Å². The van der Waals surface area contributed by atoms with Crippen molar-refractivity contribution in [3.63, 3.8) is 0 Å². The summed E-state index contributed by atoms with van der Waals surface area (Å²) >= 11 is 17.1. The molecule has 1 saturated heterocycles. The summed E-state index contributed by atoms with van der Waals surface area (Å²) in [6.07, 6.45) is -1.43. The van der Waals surface area contributed by atoms with Crippen molar-refractivity contribution in [1.82, 2.24) is 4.90 Å². The maximum absolute atomic E-state index is 9.91. The first-order valence-electron chi connectivity index (χ1n) is 6.19. The molecule has 1 atom stereocenters. The second-order valence-corrected chi connectivity index (χ2v) is 6.70. The van der Waals surface area contributed by atoms with Crippen LogP contribution in [0.15, 0.2) is 35.3 Å². The van der Waals surface area contributed by atoms with E-state index in [-0.39, 0.29) is 0 Å². The second-order valence-electron chi connectivity index (χ2n) is 4.33. The van der Waals surface area contributed by atoms with Crippen molar-refractivity contribution in [2.45, 2.75) is 10.0 Å². The number of amidine groups is 1. The van der Waals surface area contributed by atoms with Crippen LogP contribution in [0.25, 0.3) is 0 Å². The van der Waals surface area contributed by atoms with E-state index in [1.54, 1.807) is 0 Å². The van der Waals surface area contributed by atoms with Gasteiger partial charge in [0.2, 0.25) is 3.79 Å². The third-order valence-electron chi connectivity index (χ3n) is 2.88. The van der Waals surface area contributed by atoms with Crippen molar-refractivity contribution < 1.29 is 9.84 Å². The van der Waals surface area contributed by atoms with Crippen LogP contribution in [0.3, 0.4) is 0 Å². The number of nitrogens with zero attached hydrogens (tertiary/aromatic N) is 2. The molecule has 0 unspecified atom stereocenters. The Kier molecular flexibility index (Phi) is 5.52. The Morgan fingerprint density at radius 3 is 2.35 bits per heavy atom. The monoisotopic (exact) mass is 336 g/mol. The molecule has 2 rings (SSSR count). The Balaban J connectivity index is 2.31. The van der Waals surface area contributed by atoms with Gasteiger partial charge in [-0.3, -0.25) is 0 Å². The maximum atomic E-state index is 9.91. The number of aliphatic hydroxyl groups is 1. The average molecular weight is 338 g/mol. The molecule has 110 valence electrons. The number of hydrogen-bond acceptors (Lipinski definition) is 3. The van der Waals surface area contributed by atoms with E-state index >= 15 is 0 Å². The predicted octanol–water partition coefficient (Wildman–Crippen LogP) is 2.45. The lowest BCUT2D eigenvalue weighted by Crippen LogP contribution is -2.42. The van der Waals surface area contributed by atoms with Crippen LogP contribution in [-0.4, -0.2) is 52.2 Å². The van der Waals surface area contributed by atoms with Crippen LogP contribution in [0.4, 0.5) is 0 Å². The Labute approximate surface area is 132 Å². The van der Waals surface area contributed by atoms with E-state index in [0.717, 1.165) is 5.56 Å². The number of hydrogen-bond donors (Lipinski definition) is 1. The van der Waals surface area contributed by atoms with Crippen molar-refractivity contribution in [2.75, 3.05) is 26.3 Å². The third kappa shape index (κ3) is 4.24. The van der Waals surface area contributed by atoms with Gasteiger partial charge < -0.3 is 14.7 Å². The van der Waals surface area contributed by atoms with Crippen LogP contribution >= 0.6 is 34.8 Å². The molecule has 0 radical (unpaired) electrons. The SMILES string of the molecule is O[C@@H](N=C(c1ccccc1)N1CCOCC1)C(Cl)(Cl)Cl. The molecule has 1 heterocycles. The van der Waals surface area contributed by atoms with Crippen LogP contribution in [-0.2, 0) is 4.74 Å². The van der Waals surface area contributed by atoms with Crippen LogP contribution in [0.5, 0.6) is 0 Å². The van der Waals surface area contributed by atoms with Gasteiger partial charge in [0, 0.05) is 18.7 Å². The fourth-order valence-corrected chi connectivity index (χ4v) is 2.04. The summed E-state index contributed by atoms with van der Waals surface area (Å²) in [5.41, 5.74) is 0.864. The van der Waals surface area contributed by atoms with Gasteiger partial charge in [-0.15, -0.1) is 0 Å². The minimum absolute atomic E-state index is 0.604. The second kappa shape index (κ2) is 6.96. The Hall–Kier alpha value is -0.520. The van der Waals surface area contributed by atoms with Gasteiger partial charge in [0.1, 0.15) is 5.84 Å². The highest BCUT2D eigenvalue weighted by molar-refractivity contribution is 6.68. The van der Waals surface area contributed by atoms with E-state index in [1.807, 2.05) is 35.2 Å². The summed E-state index contributed by atoms with van der Waals surface area (Å²) in [6, 6.07) is 9.50. The molecule has 0 saturated carbocycles. The van der Waals surface area contributed by atoms with Crippen molar-refractivity contribution in [3.8, 4) is 0 Å². The lowest BCUT2D eigenvalue weighted by Gasteiger charge is -2.31. The van der Waals surface area contributed by atoms with Gasteiger partial charge in [-0.1, -0.05) is 65.1 Å². The molecule has 1 aliphatic rings. The Morgan fingerprint density at radius 2 is 1.80 bits per heavy atom. The molecule has 1 aromatic carbocycles. The third-order valence-corrected chi connectivity index (χ3v) is 3.47. The number of ether oxygens (including phenoxy) is 1. The summed E-state index contributed by atoms with van der Waals surface area (Å²) in [7, 11) is 0. The maximum Gasteiger partial charge on any atom is 0.236 e. The van der Waals surface area contributed by atoms with E-state index in [0.29, 0.717) is 32.1 Å². The normalized spacial score (nSPS) is 19.0. The largest absolute Gasteiger partial charge is 0.378 e. The van der Waals surface area contributed by atoms with Gasteiger partial charge in [0.25, 0.3) is 0 Å². The van der Waals surface area contributed by atoms with Gasteiger partial charge >= 0.3 is 0 Å². The zero-order valence-electron chi connectivity index (χ0n) is 10.7. The van der Waals surface area contributed by atoms with E-state index < -0.39 is 10.0 Å². The Bertz CT molecular complexity index is 456. The van der Waals surface area contributed by atoms with Crippen LogP contribution in [0.1, 0.15) is 5.56 Å². The van der Waals surface area contributed by atoms with Gasteiger partial charge in [-0.2, -0.15) is 0 Å². The topological polar surface area (TPSA) is 45.1 Å². The number of benzene rings is 1. The van der Waals surface area contributed by atoms with E-state index in [9.17, 15) is 5.11 Å². The van der Waals surface area contributed by atoms with Gasteiger partial charge in [0.15, 0.2) is 6.23 Å². The smallest absolute Gasteiger partial charge is 0.236 e. The summed E-state index contributed by atoms with van der Waals surface area (Å²) in [4.78, 5) is 6.20. The first kappa shape index (κ1) is 15.9. The molecule has 0 bridgehead atoms. The molecule has 1 fully saturated rings. The lowest BCUT2D eigenvalue weighted by atomic mass is 10.2. The Morgan fingerprint density at radius 1 is 1.20 bits per heavy atom. The van der Waals surface area contributed by atoms with E-state index in [4.69, 9.17) is 39.5 Å². The molecule has 1 N–H and O–H groups in total. The predicted molar refractivity (Wildman–Crippen MR) is 81.7 cm³/mol. The molecule has 0 spiro atoms. The highest BCUT2D eigenvalue weighted by atomic mass is 35.6. The summed E-state index contributed by atoms with van der Waals surface area (Å²) in [6.45, 7) is 2.58. The number of halogens is 3. The van der Waals surface area contributed by atoms with Crippen molar-refractivity contribution in [2.24, 2.45) is 4.99 Å². The van der Waals surface area contributed by atoms with E-state index in [2.05, 4.69) is 4.99 Å². The summed E-state index contributed by atoms with van der Waals surface area (Å²) < 4.78 is 3.47. The molecular weight excluding hydrogens is 323 g/mol. The van der Waals surface area contributed by atoms with Crippen LogP contribution in [0.2, 0.25) is 0 Å². The molecule has 7 heteroatoms. The molecule has 0 aromatic heterocycles. The number of morpholine rings is 1. The summed E-state index contributed by atoms with van der Waals surface area (Å²) in [5, 5.41) is 9.91. The van der Waals surface area contributed by atoms with Gasteiger partial charge in [-0.25, -0.2) is 4.99 Å². The highest BCUT2D eigenvalue weighted by Gasteiger charge is 2.32. The lowest BCUT2D eigenvalue weighted by molar-refractivity contribution is 0.0672. The minimum Gasteiger partial charge on any atom is -0.378 e. The van der Waals surface area contributed by atoms with Crippen molar-refractivity contribution in [1.29, 1.82) is 0 Å². The average Bonchev–Trinajstić information content (AvgIpc) is 2.45. The minimum atomic E-state index is -1.85. The molecule has 1 aliphatic heterocycles. The molecule has 1 aromatic rings. The van der Waals surface area contributed by atoms with Crippen molar-refractivity contribution in [3.05, 3.63) is 35.9 Å². The number of aliphatic hydroxyl groups excluding tert-OH is 1. The van der Waals surface area contributed by atoms with Crippen LogP contribution < -0.4 is 0 Å². The van der Waals surface area contributed by atoms with E-state index in [1.165, 1.54) is 0 Å². The standard InChI is InChI=1S/C13H15Cl3N2O2/c14-13(15,16)12(19)17-11(10-4-2-1-3-5-10)18-6-8-20-9-7-18/h1-5,12,19H,6-9H2/t12-/m1/s1. The zero-order valence-corrected chi connectivity index (χ0v) is 12.9.